The van der Waals surface area contributed by atoms with Gasteiger partial charge < -0.3 is 11.7 Å². The molecule has 0 aromatic rings. The van der Waals surface area contributed by atoms with Gasteiger partial charge in [-0.15, -0.1) is 0 Å². The van der Waals surface area contributed by atoms with Crippen LogP contribution in [-0.4, -0.2) is 6.61 Å². The number of hydrogen-bond donors (Lipinski definition) is 0. The van der Waals surface area contributed by atoms with Gasteiger partial charge in [-0.3, -0.25) is 0 Å². The first-order valence-corrected chi connectivity index (χ1v) is 3.08. The van der Waals surface area contributed by atoms with Gasteiger partial charge in [0.25, 0.3) is 0 Å². The Labute approximate surface area is 145 Å². The molecule has 1 fully saturated rings. The fraction of sp³-hybridized carbons (Fsp3) is 0.714. The van der Waals surface area contributed by atoms with E-state index in [1.165, 1.54) is 0 Å². The van der Waals surface area contributed by atoms with Crippen molar-refractivity contribution in [2.45, 2.75) is 13.3 Å². The van der Waals surface area contributed by atoms with Crippen molar-refractivity contribution in [3.05, 3.63) is 13.5 Å². The predicted octanol–water partition coefficient (Wildman–Crippen LogP) is 1.65. The van der Waals surface area contributed by atoms with Crippen molar-refractivity contribution in [3.63, 3.8) is 0 Å². The molecule has 1 aliphatic rings. The molecule has 1 heterocycles. The molecule has 11 heavy (non-hydrogen) atoms. The van der Waals surface area contributed by atoms with Crippen molar-refractivity contribution < 1.29 is 103 Å². The van der Waals surface area contributed by atoms with Crippen LogP contribution in [0.25, 0.3) is 0 Å². The van der Waals surface area contributed by atoms with Gasteiger partial charge in [0.2, 0.25) is 0 Å². The Morgan fingerprint density at radius 1 is 1.45 bits per heavy atom. The zero-order chi connectivity index (χ0) is 5.98. The average molecular weight is 379 g/mol. The third-order valence-electron chi connectivity index (χ3n) is 1.57. The zero-order valence-corrected chi connectivity index (χ0v) is 15.5. The number of ether oxygens (including phenoxy) is 1. The summed E-state index contributed by atoms with van der Waals surface area (Å²) in [5.41, 5.74) is 0. The first-order chi connectivity index (χ1) is 3.80. The Morgan fingerprint density at radius 2 is 2.00 bits per heavy atom. The summed E-state index contributed by atoms with van der Waals surface area (Å²) in [6, 6.07) is 0. The smallest absolute Gasteiger partial charge is 0.00896 e. The van der Waals surface area contributed by atoms with Crippen molar-refractivity contribution >= 4 is 0 Å². The van der Waals surface area contributed by atoms with Crippen molar-refractivity contribution in [3.8, 4) is 0 Å². The van der Waals surface area contributed by atoms with Crippen LogP contribution in [0.2, 0.25) is 0 Å². The summed E-state index contributed by atoms with van der Waals surface area (Å²) in [4.78, 5) is 0. The van der Waals surface area contributed by atoms with Gasteiger partial charge in [0.15, 0.2) is 0 Å². The molecule has 4 heteroatoms. The summed E-state index contributed by atoms with van der Waals surface area (Å²) in [6.45, 7) is 8.84. The quantitative estimate of drug-likeness (QED) is 0.630. The molecule has 0 aromatic carbocycles. The van der Waals surface area contributed by atoms with E-state index in [1.807, 2.05) is 6.61 Å². The van der Waals surface area contributed by atoms with Crippen LogP contribution in [0.4, 0.5) is 0 Å². The third-order valence-corrected chi connectivity index (χ3v) is 1.57. The summed E-state index contributed by atoms with van der Waals surface area (Å²) in [7, 11) is 0. The van der Waals surface area contributed by atoms with Crippen LogP contribution in [0.3, 0.4) is 0 Å². The molecule has 1 nitrogen and oxygen atoms in total. The molecule has 3 radical (unpaired) electrons. The summed E-state index contributed by atoms with van der Waals surface area (Å²) >= 11 is 0. The van der Waals surface area contributed by atoms with Crippen LogP contribution in [0.15, 0.2) is 0 Å². The number of hydrogen-bond acceptors (Lipinski definition) is 1. The Kier molecular flexibility index (Phi) is 20.4. The second-order valence-corrected chi connectivity index (χ2v) is 2.44. The topological polar surface area (TPSA) is 9.23 Å². The van der Waals surface area contributed by atoms with Gasteiger partial charge in [-0.1, -0.05) is 13.3 Å². The minimum atomic E-state index is 0. The predicted molar refractivity (Wildman–Crippen MR) is 32.9 cm³/mol. The van der Waals surface area contributed by atoms with Crippen LogP contribution in [-0.2, 0) is 103 Å². The summed E-state index contributed by atoms with van der Waals surface area (Å²) in [5, 5.41) is 0. The van der Waals surface area contributed by atoms with Crippen molar-refractivity contribution in [2.24, 2.45) is 11.8 Å². The van der Waals surface area contributed by atoms with E-state index in [4.69, 9.17) is 4.74 Å². The van der Waals surface area contributed by atoms with Gasteiger partial charge in [-0.2, -0.15) is 11.8 Å². The van der Waals surface area contributed by atoms with Crippen molar-refractivity contribution in [2.75, 3.05) is 6.61 Å². The monoisotopic (exact) mass is 379 g/mol. The maximum atomic E-state index is 5.05. The molecular formula is C7H12OY3-2. The molecule has 0 spiro atoms. The van der Waals surface area contributed by atoms with E-state index in [0.29, 0.717) is 11.8 Å². The van der Waals surface area contributed by atoms with E-state index in [1.54, 1.807) is 0 Å². The van der Waals surface area contributed by atoms with E-state index in [9.17, 15) is 0 Å². The van der Waals surface area contributed by atoms with Gasteiger partial charge >= 0.3 is 0 Å². The molecule has 2 atom stereocenters. The summed E-state index contributed by atoms with van der Waals surface area (Å²) < 4.78 is 5.05. The first-order valence-electron chi connectivity index (χ1n) is 3.08. The van der Waals surface area contributed by atoms with E-state index in [-0.39, 0.29) is 98.1 Å². The van der Waals surface area contributed by atoms with Crippen LogP contribution < -0.4 is 0 Å². The molecule has 2 unspecified atom stereocenters. The van der Waals surface area contributed by atoms with Gasteiger partial charge in [0, 0.05) is 105 Å². The fourth-order valence-electron chi connectivity index (χ4n) is 0.882. The minimum Gasteiger partial charge on any atom is -0.552 e. The maximum absolute atomic E-state index is 5.05. The zero-order valence-electron chi connectivity index (χ0n) is 6.99. The van der Waals surface area contributed by atoms with E-state index < -0.39 is 0 Å². The minimum absolute atomic E-state index is 0. The van der Waals surface area contributed by atoms with Crippen LogP contribution in [0.5, 0.6) is 0 Å². The van der Waals surface area contributed by atoms with Gasteiger partial charge in [0.05, 0.1) is 0 Å². The van der Waals surface area contributed by atoms with Crippen molar-refractivity contribution in [1.82, 2.24) is 0 Å². The van der Waals surface area contributed by atoms with Crippen LogP contribution in [0, 0.1) is 25.4 Å². The fourth-order valence-corrected chi connectivity index (χ4v) is 0.882. The molecule has 0 aromatic heterocycles. The molecule has 0 N–H and O–H groups in total. The maximum Gasteiger partial charge on any atom is 0.00896 e. The van der Waals surface area contributed by atoms with Gasteiger partial charge in [-0.25, -0.2) is 6.61 Å². The van der Waals surface area contributed by atoms with E-state index in [2.05, 4.69) is 13.8 Å². The molecule has 0 saturated carbocycles. The molecule has 1 aliphatic heterocycles. The Morgan fingerprint density at radius 3 is 2.18 bits per heavy atom. The Hall–Kier alpha value is 3.27. The normalized spacial score (nSPS) is 24.0. The molecule has 0 amide bonds. The molecule has 57 valence electrons. The Balaban J connectivity index is -0.000000213. The van der Waals surface area contributed by atoms with Crippen molar-refractivity contribution in [1.29, 1.82) is 0 Å². The first kappa shape index (κ1) is 19.8. The molecule has 0 bridgehead atoms. The molecule has 1 rings (SSSR count). The van der Waals surface area contributed by atoms with Crippen LogP contribution >= 0.6 is 0 Å². The Bertz CT molecular complexity index is 72.1. The SMILES string of the molecule is [CH2-]C(C)C1[CH-]OCC1.[Y].[Y].[Y]. The van der Waals surface area contributed by atoms with E-state index in [0.717, 1.165) is 13.0 Å². The van der Waals surface area contributed by atoms with E-state index >= 15 is 0 Å². The van der Waals surface area contributed by atoms with Crippen LogP contribution in [0.1, 0.15) is 13.3 Å². The largest absolute Gasteiger partial charge is 0.552 e. The summed E-state index contributed by atoms with van der Waals surface area (Å²) in [5.74, 6) is 1.12. The average Bonchev–Trinajstić information content (AvgIpc) is 2.12. The summed E-state index contributed by atoms with van der Waals surface area (Å²) in [6.07, 6.45) is 1.16. The molecule has 0 aliphatic carbocycles. The second kappa shape index (κ2) is 11.3. The second-order valence-electron chi connectivity index (χ2n) is 2.44. The molecular weight excluding hydrogens is 367 g/mol. The molecule has 1 saturated heterocycles. The number of rotatable bonds is 1. The van der Waals surface area contributed by atoms with Gasteiger partial charge in [-0.05, 0) is 0 Å². The van der Waals surface area contributed by atoms with Gasteiger partial charge in [0.1, 0.15) is 0 Å². The standard InChI is InChI=1S/C7H12O.3Y/c1-6(2)7-3-4-8-5-7;;;/h5-7H,1,3-4H2,2H3;;;/q-2;;;. The third kappa shape index (κ3) is 8.28.